The quantitative estimate of drug-likeness (QED) is 0.849. The largest absolute Gasteiger partial charge is 0.497 e. The number of benzene rings is 1. The van der Waals surface area contributed by atoms with Gasteiger partial charge in [-0.1, -0.05) is 12.1 Å². The molecule has 144 valence electrons. The van der Waals surface area contributed by atoms with Crippen LogP contribution in [0.15, 0.2) is 36.5 Å². The number of rotatable bonds is 6. The first-order chi connectivity index (χ1) is 13.2. The van der Waals surface area contributed by atoms with Crippen LogP contribution in [-0.2, 0) is 16.8 Å². The van der Waals surface area contributed by atoms with E-state index in [2.05, 4.69) is 5.10 Å². The second-order valence-corrected chi connectivity index (χ2v) is 7.58. The molecular weight excluding hydrogens is 342 g/mol. The van der Waals surface area contributed by atoms with Crippen LogP contribution < -0.4 is 4.74 Å². The summed E-state index contributed by atoms with van der Waals surface area (Å²) >= 11 is 0. The lowest BCUT2D eigenvalue weighted by Gasteiger charge is -2.34. The van der Waals surface area contributed by atoms with E-state index in [4.69, 9.17) is 4.74 Å². The Labute approximate surface area is 159 Å². The number of aliphatic hydroxyl groups excluding tert-OH is 1. The number of aliphatic hydroxyl groups is 1. The van der Waals surface area contributed by atoms with E-state index >= 15 is 0 Å². The number of piperidine rings is 1. The fourth-order valence-corrected chi connectivity index (χ4v) is 4.32. The van der Waals surface area contributed by atoms with Crippen molar-refractivity contribution >= 4 is 5.91 Å². The Morgan fingerprint density at radius 3 is 2.74 bits per heavy atom. The zero-order valence-corrected chi connectivity index (χ0v) is 15.8. The number of hydrogen-bond donors (Lipinski definition) is 1. The van der Waals surface area contributed by atoms with Gasteiger partial charge in [0.1, 0.15) is 5.75 Å². The molecule has 0 spiro atoms. The van der Waals surface area contributed by atoms with Crippen LogP contribution in [0.2, 0.25) is 0 Å². The average Bonchev–Trinajstić information content (AvgIpc) is 3.41. The van der Waals surface area contributed by atoms with E-state index in [1.54, 1.807) is 13.3 Å². The molecule has 2 aliphatic rings. The molecule has 4 rings (SSSR count). The van der Waals surface area contributed by atoms with E-state index in [1.165, 1.54) is 5.69 Å². The molecule has 0 bridgehead atoms. The highest BCUT2D eigenvalue weighted by Gasteiger charge is 2.53. The van der Waals surface area contributed by atoms with Gasteiger partial charge in [0.05, 0.1) is 25.7 Å². The lowest BCUT2D eigenvalue weighted by atomic mass is 9.90. The topological polar surface area (TPSA) is 67.6 Å². The monoisotopic (exact) mass is 369 g/mol. The molecule has 1 N–H and O–H groups in total. The first-order valence-electron chi connectivity index (χ1n) is 9.74. The van der Waals surface area contributed by atoms with Gasteiger partial charge in [0.15, 0.2) is 0 Å². The predicted octanol–water partition coefficient (Wildman–Crippen LogP) is 2.32. The van der Waals surface area contributed by atoms with Crippen LogP contribution >= 0.6 is 0 Å². The number of carbonyl (C=O) groups is 1. The summed E-state index contributed by atoms with van der Waals surface area (Å²) in [6.07, 6.45) is 5.52. The van der Waals surface area contributed by atoms with Crippen molar-refractivity contribution in [1.82, 2.24) is 14.7 Å². The van der Waals surface area contributed by atoms with Crippen LogP contribution in [0.1, 0.15) is 42.9 Å². The van der Waals surface area contributed by atoms with Gasteiger partial charge in [0.2, 0.25) is 5.91 Å². The molecule has 2 fully saturated rings. The normalized spacial score (nSPS) is 19.1. The molecule has 1 amide bonds. The highest BCUT2D eigenvalue weighted by atomic mass is 16.5. The van der Waals surface area contributed by atoms with Crippen LogP contribution in [0.25, 0.3) is 0 Å². The van der Waals surface area contributed by atoms with Gasteiger partial charge in [-0.15, -0.1) is 0 Å². The van der Waals surface area contributed by atoms with Crippen LogP contribution in [0.4, 0.5) is 0 Å². The van der Waals surface area contributed by atoms with Gasteiger partial charge < -0.3 is 14.7 Å². The summed E-state index contributed by atoms with van der Waals surface area (Å²) in [5.74, 6) is 1.47. The van der Waals surface area contributed by atoms with E-state index in [0.29, 0.717) is 12.5 Å². The standard InChI is InChI=1S/C21H27N3O3/c1-27-18-4-2-3-17(15-18)21(8-9-21)20(26)23-11-6-16(7-12-23)19-5-10-22-24(19)13-14-25/h2-5,10,15-16,25H,6-9,11-14H2,1H3. The van der Waals surface area contributed by atoms with Crippen LogP contribution in [0.5, 0.6) is 5.75 Å². The second-order valence-electron chi connectivity index (χ2n) is 7.58. The Morgan fingerprint density at radius 2 is 2.07 bits per heavy atom. The number of amides is 1. The molecule has 2 aromatic rings. The SMILES string of the molecule is COc1cccc(C2(C(=O)N3CCC(c4ccnn4CCO)CC3)CC2)c1. The third kappa shape index (κ3) is 3.34. The van der Waals surface area contributed by atoms with Gasteiger partial charge in [-0.2, -0.15) is 5.10 Å². The minimum Gasteiger partial charge on any atom is -0.497 e. The highest BCUT2D eigenvalue weighted by molar-refractivity contribution is 5.91. The van der Waals surface area contributed by atoms with Gasteiger partial charge in [-0.3, -0.25) is 9.48 Å². The molecule has 1 aromatic heterocycles. The third-order valence-electron chi connectivity index (χ3n) is 6.04. The summed E-state index contributed by atoms with van der Waals surface area (Å²) in [5, 5.41) is 13.5. The Bertz CT molecular complexity index is 805. The van der Waals surface area contributed by atoms with E-state index < -0.39 is 0 Å². The number of aromatic nitrogens is 2. The summed E-state index contributed by atoms with van der Waals surface area (Å²) in [6.45, 7) is 2.18. The van der Waals surface area contributed by atoms with E-state index in [9.17, 15) is 9.90 Å². The van der Waals surface area contributed by atoms with Crippen molar-refractivity contribution in [1.29, 1.82) is 0 Å². The minimum absolute atomic E-state index is 0.0923. The Balaban J connectivity index is 1.43. The van der Waals surface area contributed by atoms with Gasteiger partial charge in [0, 0.05) is 30.9 Å². The number of likely N-dealkylation sites (tertiary alicyclic amines) is 1. The van der Waals surface area contributed by atoms with Crippen LogP contribution in [-0.4, -0.2) is 52.5 Å². The van der Waals surface area contributed by atoms with Gasteiger partial charge in [0.25, 0.3) is 0 Å². The first kappa shape index (κ1) is 18.0. The van der Waals surface area contributed by atoms with Crippen molar-refractivity contribution < 1.29 is 14.6 Å². The highest BCUT2D eigenvalue weighted by Crippen LogP contribution is 2.50. The molecule has 0 radical (unpaired) electrons. The predicted molar refractivity (Wildman–Crippen MR) is 102 cm³/mol. The average molecular weight is 369 g/mol. The van der Waals surface area contributed by atoms with Crippen LogP contribution in [0, 0.1) is 0 Å². The number of methoxy groups -OCH3 is 1. The molecule has 1 aliphatic heterocycles. The summed E-state index contributed by atoms with van der Waals surface area (Å²) < 4.78 is 7.23. The maximum absolute atomic E-state index is 13.3. The molecule has 27 heavy (non-hydrogen) atoms. The Hall–Kier alpha value is -2.34. The fraction of sp³-hybridized carbons (Fsp3) is 0.524. The van der Waals surface area contributed by atoms with Crippen molar-refractivity contribution in [3.05, 3.63) is 47.8 Å². The molecule has 1 aliphatic carbocycles. The summed E-state index contributed by atoms with van der Waals surface area (Å²) in [6, 6.07) is 9.98. The summed E-state index contributed by atoms with van der Waals surface area (Å²) in [4.78, 5) is 15.3. The van der Waals surface area contributed by atoms with Crippen molar-refractivity contribution in [2.75, 3.05) is 26.8 Å². The number of nitrogens with zero attached hydrogens (tertiary/aromatic N) is 3. The minimum atomic E-state index is -0.347. The third-order valence-corrected chi connectivity index (χ3v) is 6.04. The lowest BCUT2D eigenvalue weighted by molar-refractivity contribution is -0.135. The molecule has 2 heterocycles. The lowest BCUT2D eigenvalue weighted by Crippen LogP contribution is -2.43. The van der Waals surface area contributed by atoms with Crippen molar-refractivity contribution in [2.45, 2.75) is 43.6 Å². The van der Waals surface area contributed by atoms with Crippen LogP contribution in [0.3, 0.4) is 0 Å². The number of ether oxygens (including phenoxy) is 1. The fourth-order valence-electron chi connectivity index (χ4n) is 4.32. The maximum Gasteiger partial charge on any atom is 0.233 e. The molecule has 6 nitrogen and oxygen atoms in total. The van der Waals surface area contributed by atoms with Gasteiger partial charge >= 0.3 is 0 Å². The van der Waals surface area contributed by atoms with Crippen molar-refractivity contribution in [2.24, 2.45) is 0 Å². The zero-order valence-electron chi connectivity index (χ0n) is 15.8. The zero-order chi connectivity index (χ0) is 18.9. The smallest absolute Gasteiger partial charge is 0.233 e. The number of carbonyl (C=O) groups excluding carboxylic acids is 1. The Kier molecular flexibility index (Phi) is 4.91. The molecule has 0 atom stereocenters. The van der Waals surface area contributed by atoms with Crippen molar-refractivity contribution in [3.63, 3.8) is 0 Å². The second kappa shape index (κ2) is 7.35. The molecule has 0 unspecified atom stereocenters. The maximum atomic E-state index is 13.3. The molecule has 1 aromatic carbocycles. The molecule has 6 heteroatoms. The van der Waals surface area contributed by atoms with E-state index in [-0.39, 0.29) is 17.9 Å². The number of hydrogen-bond acceptors (Lipinski definition) is 4. The van der Waals surface area contributed by atoms with Crippen molar-refractivity contribution in [3.8, 4) is 5.75 Å². The molecular formula is C21H27N3O3. The molecule has 1 saturated carbocycles. The van der Waals surface area contributed by atoms with E-state index in [0.717, 1.165) is 50.1 Å². The summed E-state index contributed by atoms with van der Waals surface area (Å²) in [5.41, 5.74) is 1.90. The molecule has 1 saturated heterocycles. The first-order valence-corrected chi connectivity index (χ1v) is 9.74. The Morgan fingerprint density at radius 1 is 1.30 bits per heavy atom. The van der Waals surface area contributed by atoms with Gasteiger partial charge in [-0.25, -0.2) is 0 Å². The van der Waals surface area contributed by atoms with Gasteiger partial charge in [-0.05, 0) is 49.4 Å². The van der Waals surface area contributed by atoms with E-state index in [1.807, 2.05) is 39.9 Å². The summed E-state index contributed by atoms with van der Waals surface area (Å²) in [7, 11) is 1.66.